The summed E-state index contributed by atoms with van der Waals surface area (Å²) in [6, 6.07) is 12.7. The second kappa shape index (κ2) is 4.63. The van der Waals surface area contributed by atoms with Gasteiger partial charge in [0.05, 0.1) is 5.69 Å². The predicted octanol–water partition coefficient (Wildman–Crippen LogP) is 4.25. The molecule has 1 N–H and O–H groups in total. The van der Waals surface area contributed by atoms with Crippen molar-refractivity contribution in [1.29, 1.82) is 0 Å². The van der Waals surface area contributed by atoms with Crippen molar-refractivity contribution < 1.29 is 0 Å². The van der Waals surface area contributed by atoms with Crippen molar-refractivity contribution in [3.05, 3.63) is 57.2 Å². The molecule has 1 aromatic carbocycles. The predicted molar refractivity (Wildman–Crippen MR) is 78.8 cm³/mol. The molecule has 0 aliphatic carbocycles. The molecule has 0 aliphatic rings. The molecule has 2 nitrogen and oxygen atoms in total. The third kappa shape index (κ3) is 2.21. The molecule has 0 radical (unpaired) electrons. The Balaban J connectivity index is 2.01. The second-order valence-corrected chi connectivity index (χ2v) is 5.88. The topological polar surface area (TPSA) is 28.7 Å². The molecular formula is C14H12N2S2. The van der Waals surface area contributed by atoms with Crippen LogP contribution in [0.15, 0.2) is 36.4 Å². The Bertz CT molecular complexity index is 723. The van der Waals surface area contributed by atoms with Crippen LogP contribution in [0.2, 0.25) is 0 Å². The SMILES string of the molecule is Cc1n[nH]c(=S)cc1Cc1cc2ccccc2s1. The standard InChI is InChI=1S/C14H12N2S2/c1-9-11(8-14(17)16-15-9)7-12-6-10-4-2-3-5-13(10)18-12/h2-6,8H,7H2,1H3,(H,16,17). The molecule has 2 aromatic heterocycles. The van der Waals surface area contributed by atoms with Crippen LogP contribution in [0.3, 0.4) is 0 Å². The summed E-state index contributed by atoms with van der Waals surface area (Å²) in [4.78, 5) is 1.35. The molecule has 0 saturated heterocycles. The zero-order chi connectivity index (χ0) is 12.5. The first-order valence-corrected chi connectivity index (χ1v) is 6.97. The molecule has 2 heterocycles. The molecule has 0 bridgehead atoms. The van der Waals surface area contributed by atoms with Gasteiger partial charge < -0.3 is 0 Å². The van der Waals surface area contributed by atoms with Gasteiger partial charge in [-0.2, -0.15) is 5.10 Å². The normalized spacial score (nSPS) is 10.9. The lowest BCUT2D eigenvalue weighted by Crippen LogP contribution is -1.95. The molecule has 3 aromatic rings. The Kier molecular flexibility index (Phi) is 2.97. The van der Waals surface area contributed by atoms with E-state index in [1.54, 1.807) is 0 Å². The van der Waals surface area contributed by atoms with E-state index in [2.05, 4.69) is 40.5 Å². The fraction of sp³-hybridized carbons (Fsp3) is 0.143. The van der Waals surface area contributed by atoms with Crippen LogP contribution in [0.1, 0.15) is 16.1 Å². The molecule has 18 heavy (non-hydrogen) atoms. The van der Waals surface area contributed by atoms with Crippen molar-refractivity contribution in [2.75, 3.05) is 0 Å². The van der Waals surface area contributed by atoms with Gasteiger partial charge in [0.15, 0.2) is 0 Å². The summed E-state index contributed by atoms with van der Waals surface area (Å²) >= 11 is 6.96. The van der Waals surface area contributed by atoms with Crippen LogP contribution in [0, 0.1) is 11.6 Å². The van der Waals surface area contributed by atoms with Crippen LogP contribution in [0.4, 0.5) is 0 Å². The minimum atomic E-state index is 0.691. The van der Waals surface area contributed by atoms with E-state index in [-0.39, 0.29) is 0 Å². The third-order valence-electron chi connectivity index (χ3n) is 2.95. The molecule has 0 amide bonds. The maximum absolute atomic E-state index is 5.13. The van der Waals surface area contributed by atoms with Gasteiger partial charge in [0.1, 0.15) is 4.64 Å². The largest absolute Gasteiger partial charge is 0.268 e. The highest BCUT2D eigenvalue weighted by Crippen LogP contribution is 2.27. The quantitative estimate of drug-likeness (QED) is 0.706. The summed E-state index contributed by atoms with van der Waals surface area (Å²) in [5, 5.41) is 8.33. The number of hydrogen-bond donors (Lipinski definition) is 1. The van der Waals surface area contributed by atoms with Crippen molar-refractivity contribution in [1.82, 2.24) is 10.2 Å². The van der Waals surface area contributed by atoms with Crippen LogP contribution in [0.5, 0.6) is 0 Å². The first-order valence-electron chi connectivity index (χ1n) is 5.75. The zero-order valence-electron chi connectivity index (χ0n) is 9.93. The molecular weight excluding hydrogens is 260 g/mol. The van der Waals surface area contributed by atoms with Crippen LogP contribution in [-0.2, 0) is 6.42 Å². The first-order chi connectivity index (χ1) is 8.72. The second-order valence-electron chi connectivity index (χ2n) is 4.27. The Morgan fingerprint density at radius 3 is 2.94 bits per heavy atom. The molecule has 0 atom stereocenters. The number of aromatic nitrogens is 2. The van der Waals surface area contributed by atoms with E-state index in [4.69, 9.17) is 12.2 Å². The van der Waals surface area contributed by atoms with E-state index in [1.165, 1.54) is 20.5 Å². The summed E-state index contributed by atoms with van der Waals surface area (Å²) in [6.45, 7) is 2.01. The number of hydrogen-bond acceptors (Lipinski definition) is 3. The number of aromatic amines is 1. The van der Waals surface area contributed by atoms with Crippen LogP contribution >= 0.6 is 23.6 Å². The fourth-order valence-corrected chi connectivity index (χ4v) is 3.27. The van der Waals surface area contributed by atoms with E-state index in [0.29, 0.717) is 4.64 Å². The Morgan fingerprint density at radius 1 is 1.28 bits per heavy atom. The van der Waals surface area contributed by atoms with Gasteiger partial charge in [-0.15, -0.1) is 11.3 Å². The summed E-state index contributed by atoms with van der Waals surface area (Å²) < 4.78 is 2.02. The van der Waals surface area contributed by atoms with E-state index >= 15 is 0 Å². The molecule has 0 spiro atoms. The summed E-state index contributed by atoms with van der Waals surface area (Å²) in [5.74, 6) is 0. The van der Waals surface area contributed by atoms with E-state index in [1.807, 2.05) is 24.3 Å². The lowest BCUT2D eigenvalue weighted by molar-refractivity contribution is 0.934. The number of benzene rings is 1. The Morgan fingerprint density at radius 2 is 2.11 bits per heavy atom. The highest BCUT2D eigenvalue weighted by molar-refractivity contribution is 7.71. The van der Waals surface area contributed by atoms with E-state index < -0.39 is 0 Å². The number of nitrogens with zero attached hydrogens (tertiary/aromatic N) is 1. The monoisotopic (exact) mass is 272 g/mol. The first kappa shape index (κ1) is 11.6. The van der Waals surface area contributed by atoms with Crippen LogP contribution in [0.25, 0.3) is 10.1 Å². The number of rotatable bonds is 2. The molecule has 0 unspecified atom stereocenters. The Labute approximate surface area is 114 Å². The van der Waals surface area contributed by atoms with Crippen molar-refractivity contribution >= 4 is 33.6 Å². The minimum absolute atomic E-state index is 0.691. The average Bonchev–Trinajstić information content (AvgIpc) is 2.76. The summed E-state index contributed by atoms with van der Waals surface area (Å²) in [6.07, 6.45) is 0.899. The van der Waals surface area contributed by atoms with Crippen molar-refractivity contribution in [2.45, 2.75) is 13.3 Å². The van der Waals surface area contributed by atoms with Crippen molar-refractivity contribution in [3.8, 4) is 0 Å². The van der Waals surface area contributed by atoms with Gasteiger partial charge >= 0.3 is 0 Å². The lowest BCUT2D eigenvalue weighted by Gasteiger charge is -2.01. The van der Waals surface area contributed by atoms with Gasteiger partial charge in [0.25, 0.3) is 0 Å². The number of thiophene rings is 1. The number of H-pyrrole nitrogens is 1. The maximum atomic E-state index is 5.13. The Hall–Kier alpha value is -1.52. The fourth-order valence-electron chi connectivity index (χ4n) is 2.00. The number of aryl methyl sites for hydroxylation is 1. The average molecular weight is 272 g/mol. The smallest absolute Gasteiger partial charge is 0.119 e. The van der Waals surface area contributed by atoms with Crippen molar-refractivity contribution in [3.63, 3.8) is 0 Å². The molecule has 0 fully saturated rings. The molecule has 0 saturated carbocycles. The zero-order valence-corrected chi connectivity index (χ0v) is 11.6. The molecule has 4 heteroatoms. The third-order valence-corrected chi connectivity index (χ3v) is 4.27. The maximum Gasteiger partial charge on any atom is 0.119 e. The molecule has 90 valence electrons. The van der Waals surface area contributed by atoms with E-state index in [9.17, 15) is 0 Å². The van der Waals surface area contributed by atoms with Crippen LogP contribution < -0.4 is 0 Å². The van der Waals surface area contributed by atoms with Crippen LogP contribution in [-0.4, -0.2) is 10.2 Å². The van der Waals surface area contributed by atoms with Gasteiger partial charge in [-0.25, -0.2) is 0 Å². The molecule has 0 aliphatic heterocycles. The lowest BCUT2D eigenvalue weighted by atomic mass is 10.1. The minimum Gasteiger partial charge on any atom is -0.268 e. The van der Waals surface area contributed by atoms with Crippen molar-refractivity contribution in [2.24, 2.45) is 0 Å². The molecule has 3 rings (SSSR count). The van der Waals surface area contributed by atoms with Gasteiger partial charge in [0.2, 0.25) is 0 Å². The summed E-state index contributed by atoms with van der Waals surface area (Å²) in [7, 11) is 0. The number of fused-ring (bicyclic) bond motifs is 1. The van der Waals surface area contributed by atoms with E-state index in [0.717, 1.165) is 12.1 Å². The highest BCUT2D eigenvalue weighted by atomic mass is 32.1. The highest BCUT2D eigenvalue weighted by Gasteiger charge is 2.05. The van der Waals surface area contributed by atoms with Gasteiger partial charge in [-0.05, 0) is 36.1 Å². The summed E-state index contributed by atoms with van der Waals surface area (Å²) in [5.41, 5.74) is 2.21. The van der Waals surface area contributed by atoms with Gasteiger partial charge in [0, 0.05) is 16.0 Å². The number of nitrogens with one attached hydrogen (secondary N) is 1. The van der Waals surface area contributed by atoms with Gasteiger partial charge in [-0.3, -0.25) is 5.10 Å². The van der Waals surface area contributed by atoms with Gasteiger partial charge in [-0.1, -0.05) is 30.4 Å².